The summed E-state index contributed by atoms with van der Waals surface area (Å²) in [5.74, 6) is 0. The summed E-state index contributed by atoms with van der Waals surface area (Å²) in [5.41, 5.74) is 1.13. The number of benzene rings is 1. The molecule has 1 aromatic rings. The van der Waals surface area contributed by atoms with Gasteiger partial charge in [-0.05, 0) is 12.1 Å². The molecule has 0 N–H and O–H groups in total. The molecule has 0 saturated heterocycles. The molecule has 0 aliphatic carbocycles. The molecule has 0 unspecified atom stereocenters. The summed E-state index contributed by atoms with van der Waals surface area (Å²) in [7, 11) is 3.67. The first-order chi connectivity index (χ1) is 6.29. The van der Waals surface area contributed by atoms with Gasteiger partial charge >= 0.3 is 9.45 Å². The molecule has 3 nitrogen and oxygen atoms in total. The van der Waals surface area contributed by atoms with Crippen LogP contribution in [0.5, 0.6) is 0 Å². The van der Waals surface area contributed by atoms with Gasteiger partial charge in [-0.25, -0.2) is 0 Å². The Hall–Kier alpha value is -0.843. The summed E-state index contributed by atoms with van der Waals surface area (Å²) in [6.45, 7) is 0. The largest absolute Gasteiger partial charge is 0.442 e. The second-order valence-electron chi connectivity index (χ2n) is 2.72. The zero-order valence-corrected chi connectivity index (χ0v) is 9.38. The van der Waals surface area contributed by atoms with Crippen LogP contribution in [0.2, 0.25) is 0 Å². The van der Waals surface area contributed by atoms with Crippen LogP contribution in [-0.4, -0.2) is 30.7 Å². The average Bonchev–Trinajstić information content (AvgIpc) is 2.21. The van der Waals surface area contributed by atoms with E-state index in [0.717, 1.165) is 5.69 Å². The summed E-state index contributed by atoms with van der Waals surface area (Å²) in [4.78, 5) is 0. The molecule has 0 spiro atoms. The van der Waals surface area contributed by atoms with E-state index in [-0.39, 0.29) is 0 Å². The zero-order valence-electron chi connectivity index (χ0n) is 8.23. The van der Waals surface area contributed by atoms with Crippen LogP contribution in [0.3, 0.4) is 0 Å². The molecule has 0 bridgehead atoms. The van der Waals surface area contributed by atoms with Crippen LogP contribution < -0.4 is 4.57 Å². The Kier molecular flexibility index (Phi) is 3.95. The molecule has 0 aliphatic heterocycles. The normalized spacial score (nSPS) is 10.5. The number of para-hydroxylation sites is 1. The van der Waals surface area contributed by atoms with Gasteiger partial charge in [0.2, 0.25) is 0 Å². The monoisotopic (exact) mass is 197 g/mol. The number of hydrogen-bond acceptors (Lipinski definition) is 3. The summed E-state index contributed by atoms with van der Waals surface area (Å²) >= 11 is 0. The third-order valence-electron chi connectivity index (χ3n) is 1.88. The molecule has 1 aromatic carbocycles. The SMILES string of the molecule is CO[SiH](OC)N(C)c1ccccc1. The minimum absolute atomic E-state index is 1.13. The Morgan fingerprint density at radius 2 is 1.62 bits per heavy atom. The lowest BCUT2D eigenvalue weighted by molar-refractivity contribution is 0.277. The van der Waals surface area contributed by atoms with Crippen molar-refractivity contribution < 1.29 is 8.85 Å². The van der Waals surface area contributed by atoms with Gasteiger partial charge in [-0.1, -0.05) is 18.2 Å². The van der Waals surface area contributed by atoms with E-state index in [2.05, 4.69) is 4.57 Å². The molecular formula is C9H15NO2Si. The maximum atomic E-state index is 5.26. The Balaban J connectivity index is 2.72. The number of nitrogens with zero attached hydrogens (tertiary/aromatic N) is 1. The first-order valence-corrected chi connectivity index (χ1v) is 5.59. The van der Waals surface area contributed by atoms with Crippen LogP contribution in [0.25, 0.3) is 0 Å². The van der Waals surface area contributed by atoms with E-state index in [9.17, 15) is 0 Å². The summed E-state index contributed by atoms with van der Waals surface area (Å²) in [5, 5.41) is 0. The fraction of sp³-hybridized carbons (Fsp3) is 0.333. The van der Waals surface area contributed by atoms with Gasteiger partial charge < -0.3 is 13.4 Å². The number of anilines is 1. The van der Waals surface area contributed by atoms with E-state index in [0.29, 0.717) is 0 Å². The van der Waals surface area contributed by atoms with E-state index < -0.39 is 9.45 Å². The van der Waals surface area contributed by atoms with Crippen molar-refractivity contribution in [1.82, 2.24) is 0 Å². The van der Waals surface area contributed by atoms with Gasteiger partial charge in [0.05, 0.1) is 0 Å². The highest BCUT2D eigenvalue weighted by molar-refractivity contribution is 6.49. The summed E-state index contributed by atoms with van der Waals surface area (Å²) < 4.78 is 12.6. The van der Waals surface area contributed by atoms with E-state index >= 15 is 0 Å². The highest BCUT2D eigenvalue weighted by Crippen LogP contribution is 2.12. The van der Waals surface area contributed by atoms with Crippen molar-refractivity contribution in [1.29, 1.82) is 0 Å². The Bertz CT molecular complexity index is 239. The van der Waals surface area contributed by atoms with Crippen molar-refractivity contribution >= 4 is 15.1 Å². The Morgan fingerprint density at radius 1 is 1.08 bits per heavy atom. The molecule has 0 fully saturated rings. The third-order valence-corrected chi connectivity index (χ3v) is 3.62. The first-order valence-electron chi connectivity index (χ1n) is 4.13. The van der Waals surface area contributed by atoms with Gasteiger partial charge in [-0.15, -0.1) is 0 Å². The molecule has 4 heteroatoms. The van der Waals surface area contributed by atoms with Crippen molar-refractivity contribution in [2.24, 2.45) is 0 Å². The Labute approximate surface area is 80.8 Å². The Morgan fingerprint density at radius 3 is 2.08 bits per heavy atom. The van der Waals surface area contributed by atoms with Crippen LogP contribution in [0.1, 0.15) is 0 Å². The van der Waals surface area contributed by atoms with Crippen LogP contribution >= 0.6 is 0 Å². The van der Waals surface area contributed by atoms with E-state index in [1.807, 2.05) is 37.4 Å². The fourth-order valence-electron chi connectivity index (χ4n) is 1.20. The van der Waals surface area contributed by atoms with Crippen molar-refractivity contribution in [3.8, 4) is 0 Å². The second kappa shape index (κ2) is 5.01. The van der Waals surface area contributed by atoms with Crippen molar-refractivity contribution in [3.05, 3.63) is 30.3 Å². The molecule has 0 radical (unpaired) electrons. The van der Waals surface area contributed by atoms with Crippen molar-refractivity contribution in [3.63, 3.8) is 0 Å². The molecule has 1 rings (SSSR count). The van der Waals surface area contributed by atoms with Crippen molar-refractivity contribution in [2.75, 3.05) is 25.8 Å². The predicted octanol–water partition coefficient (Wildman–Crippen LogP) is 1.13. The van der Waals surface area contributed by atoms with Gasteiger partial charge in [-0.2, -0.15) is 0 Å². The van der Waals surface area contributed by atoms with Gasteiger partial charge in [0.1, 0.15) is 0 Å². The average molecular weight is 197 g/mol. The quantitative estimate of drug-likeness (QED) is 0.675. The maximum Gasteiger partial charge on any atom is 0.442 e. The standard InChI is InChI=1S/C9H15NO2Si/c1-10(13(11-2)12-3)9-7-5-4-6-8-9/h4-8,13H,1-3H3. The lowest BCUT2D eigenvalue weighted by Gasteiger charge is -2.24. The van der Waals surface area contributed by atoms with Crippen molar-refractivity contribution in [2.45, 2.75) is 0 Å². The molecule has 13 heavy (non-hydrogen) atoms. The first kappa shape index (κ1) is 10.2. The predicted molar refractivity (Wildman–Crippen MR) is 56.0 cm³/mol. The topological polar surface area (TPSA) is 21.7 Å². The lowest BCUT2D eigenvalue weighted by Crippen LogP contribution is -2.40. The number of rotatable bonds is 4. The molecule has 0 saturated carbocycles. The van der Waals surface area contributed by atoms with E-state index in [4.69, 9.17) is 8.85 Å². The number of hydrogen-bond donors (Lipinski definition) is 0. The fourth-order valence-corrected chi connectivity index (χ4v) is 2.44. The zero-order chi connectivity index (χ0) is 9.68. The smallest absolute Gasteiger partial charge is 0.384 e. The molecule has 0 aromatic heterocycles. The van der Waals surface area contributed by atoms with Crippen LogP contribution in [0.4, 0.5) is 5.69 Å². The highest BCUT2D eigenvalue weighted by atomic mass is 28.3. The van der Waals surface area contributed by atoms with Crippen LogP contribution in [0, 0.1) is 0 Å². The summed E-state index contributed by atoms with van der Waals surface area (Å²) in [6, 6.07) is 10.1. The molecule has 0 amide bonds. The molecule has 72 valence electrons. The lowest BCUT2D eigenvalue weighted by atomic mass is 10.3. The minimum atomic E-state index is -1.68. The van der Waals surface area contributed by atoms with Crippen LogP contribution in [0.15, 0.2) is 30.3 Å². The van der Waals surface area contributed by atoms with E-state index in [1.165, 1.54) is 0 Å². The molecule has 0 heterocycles. The summed E-state index contributed by atoms with van der Waals surface area (Å²) in [6.07, 6.45) is 0. The molecule has 0 aliphatic rings. The van der Waals surface area contributed by atoms with E-state index in [1.54, 1.807) is 14.2 Å². The van der Waals surface area contributed by atoms with Gasteiger partial charge in [0, 0.05) is 27.0 Å². The maximum absolute atomic E-state index is 5.26. The van der Waals surface area contributed by atoms with Gasteiger partial charge in [-0.3, -0.25) is 0 Å². The molecule has 0 atom stereocenters. The van der Waals surface area contributed by atoms with Gasteiger partial charge in [0.15, 0.2) is 0 Å². The molecular weight excluding hydrogens is 182 g/mol. The van der Waals surface area contributed by atoms with Crippen LogP contribution in [-0.2, 0) is 8.85 Å². The van der Waals surface area contributed by atoms with Gasteiger partial charge in [0.25, 0.3) is 0 Å². The third kappa shape index (κ3) is 2.55. The minimum Gasteiger partial charge on any atom is -0.384 e. The second-order valence-corrected chi connectivity index (χ2v) is 5.06. The highest BCUT2D eigenvalue weighted by Gasteiger charge is 2.16.